The van der Waals surface area contributed by atoms with Crippen molar-refractivity contribution in [3.05, 3.63) is 0 Å². The van der Waals surface area contributed by atoms with E-state index in [9.17, 15) is 9.59 Å². The highest BCUT2D eigenvalue weighted by Crippen LogP contribution is 2.27. The van der Waals surface area contributed by atoms with Crippen molar-refractivity contribution in [3.63, 3.8) is 0 Å². The SMILES string of the molecule is CCOC(=O)CC1OC(=O)CC1CC#N. The summed E-state index contributed by atoms with van der Waals surface area (Å²) < 4.78 is 9.70. The van der Waals surface area contributed by atoms with Crippen molar-refractivity contribution in [1.82, 2.24) is 0 Å². The molecule has 1 heterocycles. The molecule has 5 nitrogen and oxygen atoms in total. The number of rotatable bonds is 4. The second kappa shape index (κ2) is 5.35. The first-order valence-electron chi connectivity index (χ1n) is 4.89. The van der Waals surface area contributed by atoms with Crippen molar-refractivity contribution < 1.29 is 19.1 Å². The van der Waals surface area contributed by atoms with E-state index in [2.05, 4.69) is 0 Å². The van der Waals surface area contributed by atoms with E-state index in [0.717, 1.165) is 0 Å². The second-order valence-electron chi connectivity index (χ2n) is 3.36. The Morgan fingerprint density at radius 1 is 1.73 bits per heavy atom. The van der Waals surface area contributed by atoms with Gasteiger partial charge in [-0.1, -0.05) is 0 Å². The summed E-state index contributed by atoms with van der Waals surface area (Å²) in [6, 6.07) is 1.98. The standard InChI is InChI=1S/C10H13NO4/c1-2-14-9(12)6-8-7(3-4-11)5-10(13)15-8/h7-8H,2-3,5-6H2,1H3. The summed E-state index contributed by atoms with van der Waals surface area (Å²) in [5, 5.41) is 8.54. The number of ether oxygens (including phenoxy) is 2. The van der Waals surface area contributed by atoms with Gasteiger partial charge < -0.3 is 9.47 Å². The predicted molar refractivity (Wildman–Crippen MR) is 49.5 cm³/mol. The lowest BCUT2D eigenvalue weighted by atomic mass is 9.96. The van der Waals surface area contributed by atoms with E-state index < -0.39 is 6.10 Å². The molecule has 0 aromatic rings. The third kappa shape index (κ3) is 3.24. The van der Waals surface area contributed by atoms with Gasteiger partial charge in [-0.2, -0.15) is 5.26 Å². The average molecular weight is 211 g/mol. The molecule has 0 N–H and O–H groups in total. The fourth-order valence-electron chi connectivity index (χ4n) is 1.57. The number of carbonyl (C=O) groups excluding carboxylic acids is 2. The van der Waals surface area contributed by atoms with Crippen LogP contribution in [0.25, 0.3) is 0 Å². The normalized spacial score (nSPS) is 24.4. The molecular weight excluding hydrogens is 198 g/mol. The largest absolute Gasteiger partial charge is 0.466 e. The van der Waals surface area contributed by atoms with Crippen LogP contribution in [0.3, 0.4) is 0 Å². The van der Waals surface area contributed by atoms with Gasteiger partial charge in [-0.3, -0.25) is 9.59 Å². The first kappa shape index (κ1) is 11.5. The summed E-state index contributed by atoms with van der Waals surface area (Å²) in [6.07, 6.45) is 0.00975. The molecule has 1 aliphatic heterocycles. The summed E-state index contributed by atoms with van der Waals surface area (Å²) in [4.78, 5) is 22.2. The van der Waals surface area contributed by atoms with Gasteiger partial charge in [-0.15, -0.1) is 0 Å². The molecule has 82 valence electrons. The van der Waals surface area contributed by atoms with Crippen LogP contribution in [0.2, 0.25) is 0 Å². The van der Waals surface area contributed by atoms with Crippen molar-refractivity contribution in [1.29, 1.82) is 5.26 Å². The number of carbonyl (C=O) groups is 2. The minimum absolute atomic E-state index is 0.0475. The first-order valence-corrected chi connectivity index (χ1v) is 4.89. The number of esters is 2. The van der Waals surface area contributed by atoms with Crippen molar-refractivity contribution in [2.24, 2.45) is 5.92 Å². The van der Waals surface area contributed by atoms with Crippen LogP contribution >= 0.6 is 0 Å². The van der Waals surface area contributed by atoms with Gasteiger partial charge >= 0.3 is 11.9 Å². The van der Waals surface area contributed by atoms with Crippen LogP contribution in [0.1, 0.15) is 26.2 Å². The van der Waals surface area contributed by atoms with Crippen molar-refractivity contribution in [2.45, 2.75) is 32.3 Å². The minimum Gasteiger partial charge on any atom is -0.466 e. The Morgan fingerprint density at radius 2 is 2.47 bits per heavy atom. The van der Waals surface area contributed by atoms with E-state index >= 15 is 0 Å². The molecule has 15 heavy (non-hydrogen) atoms. The molecule has 0 aromatic carbocycles. The topological polar surface area (TPSA) is 76.4 Å². The molecule has 0 bridgehead atoms. The maximum Gasteiger partial charge on any atom is 0.309 e. The van der Waals surface area contributed by atoms with Gasteiger partial charge in [-0.05, 0) is 6.92 Å². The highest BCUT2D eigenvalue weighted by molar-refractivity contribution is 5.75. The smallest absolute Gasteiger partial charge is 0.309 e. The zero-order chi connectivity index (χ0) is 11.3. The molecule has 0 radical (unpaired) electrons. The highest BCUT2D eigenvalue weighted by atomic mass is 16.6. The molecule has 0 aromatic heterocycles. The molecule has 2 atom stereocenters. The van der Waals surface area contributed by atoms with Gasteiger partial charge in [0.1, 0.15) is 6.10 Å². The third-order valence-corrected chi connectivity index (χ3v) is 2.26. The average Bonchev–Trinajstić information content (AvgIpc) is 2.47. The Labute approximate surface area is 88.0 Å². The summed E-state index contributed by atoms with van der Waals surface area (Å²) in [6.45, 7) is 2.02. The zero-order valence-corrected chi connectivity index (χ0v) is 8.56. The molecule has 1 aliphatic rings. The number of hydrogen-bond acceptors (Lipinski definition) is 5. The van der Waals surface area contributed by atoms with Crippen molar-refractivity contribution in [2.75, 3.05) is 6.61 Å². The monoisotopic (exact) mass is 211 g/mol. The van der Waals surface area contributed by atoms with Crippen LogP contribution in [0.15, 0.2) is 0 Å². The molecule has 0 saturated carbocycles. The van der Waals surface area contributed by atoms with E-state index in [4.69, 9.17) is 14.7 Å². The summed E-state index contributed by atoms with van der Waals surface area (Å²) in [5.74, 6) is -0.906. The Morgan fingerprint density at radius 3 is 3.07 bits per heavy atom. The molecular formula is C10H13NO4. The zero-order valence-electron chi connectivity index (χ0n) is 8.56. The Hall–Kier alpha value is -1.57. The van der Waals surface area contributed by atoms with Gasteiger partial charge in [-0.25, -0.2) is 0 Å². The minimum atomic E-state index is -0.490. The fourth-order valence-corrected chi connectivity index (χ4v) is 1.57. The maximum absolute atomic E-state index is 11.2. The lowest BCUT2D eigenvalue weighted by molar-refractivity contribution is -0.149. The summed E-state index contributed by atoms with van der Waals surface area (Å²) in [5.41, 5.74) is 0. The van der Waals surface area contributed by atoms with Crippen LogP contribution in [-0.2, 0) is 19.1 Å². The van der Waals surface area contributed by atoms with Gasteiger partial charge in [0.25, 0.3) is 0 Å². The third-order valence-electron chi connectivity index (χ3n) is 2.26. The van der Waals surface area contributed by atoms with Crippen LogP contribution < -0.4 is 0 Å². The molecule has 2 unspecified atom stereocenters. The van der Waals surface area contributed by atoms with E-state index in [1.54, 1.807) is 6.92 Å². The fraction of sp³-hybridized carbons (Fsp3) is 0.700. The molecule has 1 fully saturated rings. The van der Waals surface area contributed by atoms with Gasteiger partial charge in [0, 0.05) is 12.3 Å². The lowest BCUT2D eigenvalue weighted by Gasteiger charge is -2.13. The second-order valence-corrected chi connectivity index (χ2v) is 3.36. The van der Waals surface area contributed by atoms with Crippen LogP contribution in [0.5, 0.6) is 0 Å². The van der Waals surface area contributed by atoms with Crippen LogP contribution in [0.4, 0.5) is 0 Å². The molecule has 0 amide bonds. The van der Waals surface area contributed by atoms with E-state index in [-0.39, 0.29) is 37.1 Å². The van der Waals surface area contributed by atoms with E-state index in [1.807, 2.05) is 6.07 Å². The maximum atomic E-state index is 11.2. The Kier molecular flexibility index (Phi) is 4.10. The molecule has 1 saturated heterocycles. The Balaban J connectivity index is 2.48. The summed E-state index contributed by atoms with van der Waals surface area (Å²) in [7, 11) is 0. The molecule has 1 rings (SSSR count). The molecule has 0 spiro atoms. The van der Waals surface area contributed by atoms with Gasteiger partial charge in [0.2, 0.25) is 0 Å². The number of cyclic esters (lactones) is 1. The highest BCUT2D eigenvalue weighted by Gasteiger charge is 2.36. The molecule has 0 aliphatic carbocycles. The quantitative estimate of drug-likeness (QED) is 0.642. The van der Waals surface area contributed by atoms with Crippen molar-refractivity contribution in [3.8, 4) is 6.07 Å². The number of nitrogens with zero attached hydrogens (tertiary/aromatic N) is 1. The van der Waals surface area contributed by atoms with E-state index in [0.29, 0.717) is 6.61 Å². The number of nitriles is 1. The number of hydrogen-bond donors (Lipinski definition) is 0. The van der Waals surface area contributed by atoms with Crippen LogP contribution in [0, 0.1) is 17.2 Å². The molecule has 5 heteroatoms. The van der Waals surface area contributed by atoms with Gasteiger partial charge in [0.15, 0.2) is 0 Å². The first-order chi connectivity index (χ1) is 7.17. The van der Waals surface area contributed by atoms with Crippen LogP contribution in [-0.4, -0.2) is 24.6 Å². The predicted octanol–water partition coefficient (Wildman–Crippen LogP) is 0.785. The summed E-state index contributed by atoms with van der Waals surface area (Å²) >= 11 is 0. The Bertz CT molecular complexity index is 294. The van der Waals surface area contributed by atoms with Gasteiger partial charge in [0.05, 0.1) is 25.5 Å². The van der Waals surface area contributed by atoms with Crippen molar-refractivity contribution >= 4 is 11.9 Å². The lowest BCUT2D eigenvalue weighted by Crippen LogP contribution is -2.21. The van der Waals surface area contributed by atoms with E-state index in [1.165, 1.54) is 0 Å².